The van der Waals surface area contributed by atoms with E-state index in [2.05, 4.69) is 15.3 Å². The van der Waals surface area contributed by atoms with E-state index < -0.39 is 23.9 Å². The minimum absolute atomic E-state index is 0.0247. The molecule has 2 aromatic carbocycles. The van der Waals surface area contributed by atoms with Crippen molar-refractivity contribution in [3.63, 3.8) is 0 Å². The van der Waals surface area contributed by atoms with Crippen LogP contribution in [0.1, 0.15) is 5.56 Å². The summed E-state index contributed by atoms with van der Waals surface area (Å²) in [5.74, 6) is 0.115. The number of nitrogens with one attached hydrogen (secondary N) is 1. The number of rotatable bonds is 9. The summed E-state index contributed by atoms with van der Waals surface area (Å²) >= 11 is 5.94. The van der Waals surface area contributed by atoms with Crippen LogP contribution in [-0.4, -0.2) is 37.3 Å². The molecular weight excluding hydrogens is 490 g/mol. The van der Waals surface area contributed by atoms with Crippen molar-refractivity contribution in [3.05, 3.63) is 98.4 Å². The van der Waals surface area contributed by atoms with Gasteiger partial charge in [-0.05, 0) is 48.0 Å². The third-order valence-electron chi connectivity index (χ3n) is 4.96. The molecule has 0 aliphatic heterocycles. The summed E-state index contributed by atoms with van der Waals surface area (Å²) in [6, 6.07) is 16.8. The van der Waals surface area contributed by atoms with Crippen LogP contribution in [0, 0.1) is 0 Å². The summed E-state index contributed by atoms with van der Waals surface area (Å²) in [6.07, 6.45) is 1.52. The predicted octanol–water partition coefficient (Wildman–Crippen LogP) is 3.13. The van der Waals surface area contributed by atoms with Gasteiger partial charge in [0.25, 0.3) is 0 Å². The lowest BCUT2D eigenvalue weighted by molar-refractivity contribution is -0.137. The minimum Gasteiger partial charge on any atom is -0.481 e. The molecule has 0 saturated carbocycles. The zero-order valence-electron chi connectivity index (χ0n) is 18.9. The summed E-state index contributed by atoms with van der Waals surface area (Å²) in [5, 5.41) is 12.6. The first kappa shape index (κ1) is 24.5. The predicted molar refractivity (Wildman–Crippen MR) is 132 cm³/mol. The Hall–Kier alpha value is -4.64. The molecule has 2 aromatic heterocycles. The number of carbonyl (C=O) groups is 1. The molecule has 0 fully saturated rings. The van der Waals surface area contributed by atoms with Crippen LogP contribution in [0.15, 0.2) is 76.4 Å². The van der Waals surface area contributed by atoms with Crippen molar-refractivity contribution >= 4 is 29.2 Å². The summed E-state index contributed by atoms with van der Waals surface area (Å²) in [5.41, 5.74) is -0.586. The first-order valence-electron chi connectivity index (χ1n) is 10.6. The molecule has 4 rings (SSSR count). The molecule has 4 aromatic rings. The average molecular weight is 510 g/mol. The van der Waals surface area contributed by atoms with Gasteiger partial charge >= 0.3 is 17.3 Å². The molecule has 0 radical (unpaired) electrons. The van der Waals surface area contributed by atoms with E-state index in [-0.39, 0.29) is 12.5 Å². The summed E-state index contributed by atoms with van der Waals surface area (Å²) < 4.78 is 12.5. The fourth-order valence-electron chi connectivity index (χ4n) is 3.23. The van der Waals surface area contributed by atoms with Crippen LogP contribution in [0.25, 0.3) is 0 Å². The number of aliphatic carboxylic acids is 1. The molecule has 2 heterocycles. The van der Waals surface area contributed by atoms with Crippen molar-refractivity contribution in [1.82, 2.24) is 19.1 Å². The van der Waals surface area contributed by atoms with Crippen LogP contribution in [0.3, 0.4) is 0 Å². The number of methoxy groups -OCH3 is 1. The number of pyridine rings is 1. The highest BCUT2D eigenvalue weighted by molar-refractivity contribution is 6.30. The smallest absolute Gasteiger partial charge is 0.355 e. The van der Waals surface area contributed by atoms with Gasteiger partial charge in [0.15, 0.2) is 0 Å². The van der Waals surface area contributed by atoms with E-state index in [1.807, 2.05) is 0 Å². The van der Waals surface area contributed by atoms with Crippen LogP contribution < -0.4 is 26.2 Å². The van der Waals surface area contributed by atoms with E-state index >= 15 is 0 Å². The van der Waals surface area contributed by atoms with Gasteiger partial charge < -0.3 is 19.9 Å². The van der Waals surface area contributed by atoms with Crippen molar-refractivity contribution in [2.24, 2.45) is 0 Å². The number of aromatic nitrogens is 4. The second-order valence-corrected chi connectivity index (χ2v) is 7.92. The van der Waals surface area contributed by atoms with E-state index in [1.165, 1.54) is 17.9 Å². The number of carboxylic acids is 1. The van der Waals surface area contributed by atoms with E-state index in [1.54, 1.807) is 60.7 Å². The van der Waals surface area contributed by atoms with Gasteiger partial charge in [0.05, 0.1) is 19.9 Å². The van der Waals surface area contributed by atoms with Gasteiger partial charge in [0, 0.05) is 16.8 Å². The molecule has 0 aliphatic carbocycles. The molecule has 0 saturated heterocycles. The Morgan fingerprint density at radius 1 is 1.00 bits per heavy atom. The lowest BCUT2D eigenvalue weighted by Gasteiger charge is -2.15. The highest BCUT2D eigenvalue weighted by atomic mass is 35.5. The van der Waals surface area contributed by atoms with E-state index in [0.717, 1.165) is 0 Å². The highest BCUT2D eigenvalue weighted by Gasteiger charge is 2.16. The van der Waals surface area contributed by atoms with Gasteiger partial charge in [0.1, 0.15) is 18.0 Å². The SMILES string of the molecule is COc1ccc(Oc2ccc(Nc3nc(=O)n(CC(=O)O)c(=O)n3Cc3ccc(Cl)cc3)cc2)cn1. The third kappa shape index (κ3) is 5.88. The molecule has 0 amide bonds. The van der Waals surface area contributed by atoms with Crippen LogP contribution in [0.5, 0.6) is 17.4 Å². The van der Waals surface area contributed by atoms with Crippen LogP contribution in [0.4, 0.5) is 11.6 Å². The Kier molecular flexibility index (Phi) is 7.31. The van der Waals surface area contributed by atoms with E-state index in [0.29, 0.717) is 38.2 Å². The molecule has 11 nitrogen and oxygen atoms in total. The Balaban J connectivity index is 1.62. The van der Waals surface area contributed by atoms with Gasteiger partial charge in [-0.25, -0.2) is 19.1 Å². The Labute approximate surface area is 209 Å². The van der Waals surface area contributed by atoms with Crippen molar-refractivity contribution in [2.75, 3.05) is 12.4 Å². The van der Waals surface area contributed by atoms with Gasteiger partial charge in [-0.1, -0.05) is 23.7 Å². The molecule has 0 bridgehead atoms. The number of nitrogens with zero attached hydrogens (tertiary/aromatic N) is 4. The number of anilines is 2. The fourth-order valence-corrected chi connectivity index (χ4v) is 3.36. The maximum Gasteiger partial charge on any atom is 0.355 e. The second-order valence-electron chi connectivity index (χ2n) is 7.48. The molecule has 0 spiro atoms. The lowest BCUT2D eigenvalue weighted by atomic mass is 10.2. The first-order chi connectivity index (χ1) is 17.3. The highest BCUT2D eigenvalue weighted by Crippen LogP contribution is 2.24. The van der Waals surface area contributed by atoms with Gasteiger partial charge in [0.2, 0.25) is 11.8 Å². The fraction of sp³-hybridized carbons (Fsp3) is 0.125. The van der Waals surface area contributed by atoms with Crippen molar-refractivity contribution in [1.29, 1.82) is 0 Å². The van der Waals surface area contributed by atoms with Crippen molar-refractivity contribution < 1.29 is 19.4 Å². The van der Waals surface area contributed by atoms with Crippen LogP contribution >= 0.6 is 11.6 Å². The molecule has 0 atom stereocenters. The second kappa shape index (κ2) is 10.7. The summed E-state index contributed by atoms with van der Waals surface area (Å²) in [6.45, 7) is -0.783. The van der Waals surface area contributed by atoms with Crippen molar-refractivity contribution in [2.45, 2.75) is 13.1 Å². The zero-order valence-corrected chi connectivity index (χ0v) is 19.7. The van der Waals surface area contributed by atoms with E-state index in [4.69, 9.17) is 26.2 Å². The maximum absolute atomic E-state index is 13.0. The maximum atomic E-state index is 13.0. The molecule has 2 N–H and O–H groups in total. The van der Waals surface area contributed by atoms with Gasteiger partial charge in [-0.15, -0.1) is 0 Å². The lowest BCUT2D eigenvalue weighted by Crippen LogP contribution is -2.44. The first-order valence-corrected chi connectivity index (χ1v) is 10.9. The third-order valence-corrected chi connectivity index (χ3v) is 5.21. The average Bonchev–Trinajstić information content (AvgIpc) is 2.87. The molecule has 36 heavy (non-hydrogen) atoms. The summed E-state index contributed by atoms with van der Waals surface area (Å²) in [4.78, 5) is 44.6. The number of benzene rings is 2. The van der Waals surface area contributed by atoms with Gasteiger partial charge in [-0.3, -0.25) is 9.36 Å². The topological polar surface area (TPSA) is 138 Å². The number of carboxylic acid groups (broad SMARTS) is 1. The zero-order chi connectivity index (χ0) is 25.7. The molecule has 184 valence electrons. The Morgan fingerprint density at radius 2 is 1.69 bits per heavy atom. The monoisotopic (exact) mass is 509 g/mol. The van der Waals surface area contributed by atoms with E-state index in [9.17, 15) is 14.4 Å². The molecule has 0 aliphatic rings. The number of hydrogen-bond acceptors (Lipinski definition) is 8. The number of halogens is 1. The number of hydrogen-bond donors (Lipinski definition) is 2. The Morgan fingerprint density at radius 3 is 2.31 bits per heavy atom. The standard InChI is InChI=1S/C24H20ClN5O6/c1-35-20-11-10-19(12-26-20)36-18-8-6-17(7-9-18)27-22-28-23(33)30(14-21(31)32)24(34)29(22)13-15-2-4-16(25)5-3-15/h2-12H,13-14H2,1H3,(H,31,32)(H,27,28,33). The molecular formula is C24H20ClN5O6. The Bertz CT molecular complexity index is 1480. The quantitative estimate of drug-likeness (QED) is 0.348. The molecule has 0 unspecified atom stereocenters. The minimum atomic E-state index is -1.34. The van der Waals surface area contributed by atoms with Crippen LogP contribution in [0.2, 0.25) is 5.02 Å². The number of ether oxygens (including phenoxy) is 2. The molecule has 12 heteroatoms. The van der Waals surface area contributed by atoms with Crippen molar-refractivity contribution in [3.8, 4) is 17.4 Å². The largest absolute Gasteiger partial charge is 0.481 e. The van der Waals surface area contributed by atoms with Gasteiger partial charge in [-0.2, -0.15) is 4.98 Å². The summed E-state index contributed by atoms with van der Waals surface area (Å²) in [7, 11) is 1.52. The normalized spacial score (nSPS) is 10.6. The van der Waals surface area contributed by atoms with Crippen LogP contribution in [-0.2, 0) is 17.9 Å².